The van der Waals surface area contributed by atoms with Crippen LogP contribution in [-0.4, -0.2) is 28.5 Å². The minimum absolute atomic E-state index is 0.0282. The third kappa shape index (κ3) is 3.75. The standard InChI is InChI=1S/C24H21N3O3S/c1-3-9-17-15-18(10-4-2)24(28)21(16-17)27-25-20-13-8-14-22(23(20)26-27)31(29,30)19-11-6-5-7-12-19/h3-8,11-16,28H,1-2,9-10H2. The van der Waals surface area contributed by atoms with Gasteiger partial charge in [-0.1, -0.05) is 42.5 Å². The number of aromatic nitrogens is 3. The lowest BCUT2D eigenvalue weighted by Crippen LogP contribution is -2.04. The highest BCUT2D eigenvalue weighted by atomic mass is 32.2. The predicted octanol–water partition coefficient (Wildman–Crippen LogP) is 4.42. The number of hydrogen-bond acceptors (Lipinski definition) is 5. The van der Waals surface area contributed by atoms with Gasteiger partial charge in [-0.15, -0.1) is 28.2 Å². The first-order valence-electron chi connectivity index (χ1n) is 9.69. The summed E-state index contributed by atoms with van der Waals surface area (Å²) in [5, 5.41) is 19.7. The summed E-state index contributed by atoms with van der Waals surface area (Å²) in [6.45, 7) is 7.51. The molecule has 0 aliphatic heterocycles. The molecule has 0 unspecified atom stereocenters. The Morgan fingerprint density at radius 2 is 1.68 bits per heavy atom. The minimum Gasteiger partial charge on any atom is -0.505 e. The number of sulfone groups is 1. The Morgan fingerprint density at radius 1 is 0.935 bits per heavy atom. The fourth-order valence-electron chi connectivity index (χ4n) is 3.45. The van der Waals surface area contributed by atoms with E-state index in [4.69, 9.17) is 0 Å². The molecule has 0 amide bonds. The number of fused-ring (bicyclic) bond motifs is 1. The van der Waals surface area contributed by atoms with Crippen LogP contribution >= 0.6 is 0 Å². The molecular weight excluding hydrogens is 410 g/mol. The van der Waals surface area contributed by atoms with E-state index in [-0.39, 0.29) is 21.1 Å². The lowest BCUT2D eigenvalue weighted by atomic mass is 10.0. The summed E-state index contributed by atoms with van der Waals surface area (Å²) in [4.78, 5) is 1.53. The molecule has 1 heterocycles. The summed E-state index contributed by atoms with van der Waals surface area (Å²) < 4.78 is 26.4. The zero-order chi connectivity index (χ0) is 22.0. The monoisotopic (exact) mass is 431 g/mol. The van der Waals surface area contributed by atoms with E-state index in [1.807, 2.05) is 6.07 Å². The van der Waals surface area contributed by atoms with E-state index in [0.717, 1.165) is 5.56 Å². The van der Waals surface area contributed by atoms with E-state index in [0.29, 0.717) is 29.6 Å². The first-order chi connectivity index (χ1) is 15.0. The van der Waals surface area contributed by atoms with E-state index in [1.54, 1.807) is 60.7 Å². The zero-order valence-corrected chi connectivity index (χ0v) is 17.6. The Labute approximate surface area is 180 Å². The van der Waals surface area contributed by atoms with Gasteiger partial charge in [0.2, 0.25) is 9.84 Å². The molecule has 1 N–H and O–H groups in total. The van der Waals surface area contributed by atoms with Crippen molar-refractivity contribution in [1.82, 2.24) is 15.0 Å². The number of phenols is 1. The molecule has 0 radical (unpaired) electrons. The maximum absolute atomic E-state index is 13.2. The Hall–Kier alpha value is -3.71. The number of aromatic hydroxyl groups is 1. The molecule has 31 heavy (non-hydrogen) atoms. The summed E-state index contributed by atoms with van der Waals surface area (Å²) in [5.41, 5.74) is 2.64. The molecule has 0 atom stereocenters. The summed E-state index contributed by atoms with van der Waals surface area (Å²) in [6, 6.07) is 16.7. The van der Waals surface area contributed by atoms with Crippen molar-refractivity contribution in [3.8, 4) is 11.4 Å². The average molecular weight is 432 g/mol. The molecule has 3 aromatic carbocycles. The van der Waals surface area contributed by atoms with E-state index in [9.17, 15) is 13.5 Å². The molecule has 4 aromatic rings. The first-order valence-corrected chi connectivity index (χ1v) is 11.2. The molecule has 0 bridgehead atoms. The van der Waals surface area contributed by atoms with Gasteiger partial charge in [-0.05, 0) is 48.7 Å². The SMILES string of the molecule is C=CCc1cc(CC=C)c(O)c(-n2nc3cccc(S(=O)(=O)c4ccccc4)c3n2)c1. The molecule has 4 rings (SSSR count). The topological polar surface area (TPSA) is 85.1 Å². The van der Waals surface area contributed by atoms with Gasteiger partial charge >= 0.3 is 0 Å². The van der Waals surface area contributed by atoms with Crippen molar-refractivity contribution in [2.45, 2.75) is 22.6 Å². The Balaban J connectivity index is 1.92. The van der Waals surface area contributed by atoms with Crippen molar-refractivity contribution >= 4 is 20.9 Å². The minimum atomic E-state index is -3.78. The number of allylic oxidation sites excluding steroid dienone is 2. The quantitative estimate of drug-likeness (QED) is 0.438. The molecule has 7 heteroatoms. The second-order valence-corrected chi connectivity index (χ2v) is 8.96. The summed E-state index contributed by atoms with van der Waals surface area (Å²) in [6.07, 6.45) is 4.55. The largest absolute Gasteiger partial charge is 0.505 e. The van der Waals surface area contributed by atoms with E-state index < -0.39 is 9.84 Å². The van der Waals surface area contributed by atoms with Crippen molar-refractivity contribution in [2.24, 2.45) is 0 Å². The lowest BCUT2D eigenvalue weighted by Gasteiger charge is -2.10. The van der Waals surface area contributed by atoms with Gasteiger partial charge in [0.1, 0.15) is 27.4 Å². The van der Waals surface area contributed by atoms with E-state index in [1.165, 1.54) is 10.9 Å². The van der Waals surface area contributed by atoms with Crippen molar-refractivity contribution < 1.29 is 13.5 Å². The van der Waals surface area contributed by atoms with Gasteiger partial charge in [0, 0.05) is 5.56 Å². The van der Waals surface area contributed by atoms with Crippen LogP contribution in [0.4, 0.5) is 0 Å². The molecule has 0 saturated carbocycles. The van der Waals surface area contributed by atoms with Gasteiger partial charge in [-0.2, -0.15) is 0 Å². The van der Waals surface area contributed by atoms with Crippen LogP contribution in [0.15, 0.2) is 95.8 Å². The van der Waals surface area contributed by atoms with Crippen molar-refractivity contribution in [2.75, 3.05) is 0 Å². The van der Waals surface area contributed by atoms with Gasteiger partial charge in [-0.25, -0.2) is 8.42 Å². The number of nitrogens with zero attached hydrogens (tertiary/aromatic N) is 3. The molecule has 1 aromatic heterocycles. The zero-order valence-electron chi connectivity index (χ0n) is 16.8. The van der Waals surface area contributed by atoms with Crippen molar-refractivity contribution in [1.29, 1.82) is 0 Å². The smallest absolute Gasteiger partial charge is 0.208 e. The van der Waals surface area contributed by atoms with Gasteiger partial charge in [-0.3, -0.25) is 0 Å². The van der Waals surface area contributed by atoms with Crippen LogP contribution in [0.1, 0.15) is 11.1 Å². The fourth-order valence-corrected chi connectivity index (χ4v) is 4.88. The molecule has 0 aliphatic rings. The lowest BCUT2D eigenvalue weighted by molar-refractivity contribution is 0.462. The van der Waals surface area contributed by atoms with Crippen molar-refractivity contribution in [3.05, 3.63) is 97.1 Å². The number of hydrogen-bond donors (Lipinski definition) is 1. The van der Waals surface area contributed by atoms with E-state index in [2.05, 4.69) is 23.4 Å². The third-order valence-electron chi connectivity index (χ3n) is 4.91. The van der Waals surface area contributed by atoms with Crippen LogP contribution in [0.5, 0.6) is 5.75 Å². The van der Waals surface area contributed by atoms with Crippen LogP contribution in [0.2, 0.25) is 0 Å². The van der Waals surface area contributed by atoms with Gasteiger partial charge in [0.05, 0.1) is 4.90 Å². The van der Waals surface area contributed by atoms with Crippen LogP contribution in [-0.2, 0) is 22.7 Å². The summed E-state index contributed by atoms with van der Waals surface area (Å²) in [5.74, 6) is 0.0282. The highest BCUT2D eigenvalue weighted by Gasteiger charge is 2.23. The maximum Gasteiger partial charge on any atom is 0.208 e. The van der Waals surface area contributed by atoms with Crippen LogP contribution in [0.25, 0.3) is 16.7 Å². The number of benzene rings is 3. The Morgan fingerprint density at radius 3 is 2.39 bits per heavy atom. The molecule has 0 spiro atoms. The molecule has 156 valence electrons. The number of rotatable bonds is 7. The highest BCUT2D eigenvalue weighted by molar-refractivity contribution is 7.91. The molecule has 0 saturated heterocycles. The fraction of sp³-hybridized carbons (Fsp3) is 0.0833. The Bertz CT molecular complexity index is 1390. The van der Waals surface area contributed by atoms with Gasteiger partial charge in [0.15, 0.2) is 0 Å². The predicted molar refractivity (Wildman–Crippen MR) is 120 cm³/mol. The first kappa shape index (κ1) is 20.6. The highest BCUT2D eigenvalue weighted by Crippen LogP contribution is 2.31. The summed E-state index contributed by atoms with van der Waals surface area (Å²) in [7, 11) is -3.78. The van der Waals surface area contributed by atoms with Crippen LogP contribution in [0, 0.1) is 0 Å². The van der Waals surface area contributed by atoms with Crippen LogP contribution < -0.4 is 0 Å². The van der Waals surface area contributed by atoms with Crippen LogP contribution in [0.3, 0.4) is 0 Å². The molecule has 6 nitrogen and oxygen atoms in total. The third-order valence-corrected chi connectivity index (χ3v) is 6.71. The molecule has 0 fully saturated rings. The number of phenolic OH excluding ortho intramolecular Hbond substituents is 1. The summed E-state index contributed by atoms with van der Waals surface area (Å²) >= 11 is 0. The second kappa shape index (κ2) is 8.20. The van der Waals surface area contributed by atoms with Gasteiger partial charge < -0.3 is 5.11 Å². The van der Waals surface area contributed by atoms with Crippen molar-refractivity contribution in [3.63, 3.8) is 0 Å². The van der Waals surface area contributed by atoms with Gasteiger partial charge in [0.25, 0.3) is 0 Å². The second-order valence-electron chi connectivity index (χ2n) is 7.04. The average Bonchev–Trinajstić information content (AvgIpc) is 3.21. The normalized spacial score (nSPS) is 11.5. The molecular formula is C24H21N3O3S. The maximum atomic E-state index is 13.2. The molecule has 0 aliphatic carbocycles. The van der Waals surface area contributed by atoms with E-state index >= 15 is 0 Å². The Kier molecular flexibility index (Phi) is 5.44.